The Bertz CT molecular complexity index is 1100. The van der Waals surface area contributed by atoms with E-state index in [1.807, 2.05) is 81.4 Å². The van der Waals surface area contributed by atoms with Gasteiger partial charge in [-0.05, 0) is 62.4 Å². The van der Waals surface area contributed by atoms with Crippen LogP contribution in [0, 0.1) is 20.8 Å². The number of hydrogen-bond acceptors (Lipinski definition) is 2. The van der Waals surface area contributed by atoms with Gasteiger partial charge in [0, 0.05) is 19.0 Å². The van der Waals surface area contributed by atoms with Crippen LogP contribution >= 0.6 is 0 Å². The third-order valence-electron chi connectivity index (χ3n) is 6.10. The molecular weight excluding hydrogens is 420 g/mol. The van der Waals surface area contributed by atoms with Crippen LogP contribution in [0.2, 0.25) is 0 Å². The number of rotatable bonds is 9. The summed E-state index contributed by atoms with van der Waals surface area (Å²) < 4.78 is 0. The molecule has 0 saturated heterocycles. The van der Waals surface area contributed by atoms with E-state index in [1.165, 1.54) is 5.56 Å². The van der Waals surface area contributed by atoms with Gasteiger partial charge in [0.15, 0.2) is 0 Å². The van der Waals surface area contributed by atoms with Crippen LogP contribution in [-0.4, -0.2) is 28.8 Å². The van der Waals surface area contributed by atoms with Gasteiger partial charge in [-0.3, -0.25) is 9.59 Å². The zero-order valence-corrected chi connectivity index (χ0v) is 21.0. The van der Waals surface area contributed by atoms with Gasteiger partial charge in [0.05, 0.1) is 6.42 Å². The van der Waals surface area contributed by atoms with Gasteiger partial charge in [0.2, 0.25) is 11.8 Å². The summed E-state index contributed by atoms with van der Waals surface area (Å²) in [6, 6.07) is 23.6. The van der Waals surface area contributed by atoms with Gasteiger partial charge in [0.1, 0.15) is 6.04 Å². The van der Waals surface area contributed by atoms with Crippen molar-refractivity contribution in [1.82, 2.24) is 10.2 Å². The highest BCUT2D eigenvalue weighted by molar-refractivity contribution is 5.89. The summed E-state index contributed by atoms with van der Waals surface area (Å²) in [4.78, 5) is 28.9. The van der Waals surface area contributed by atoms with Gasteiger partial charge in [-0.15, -0.1) is 0 Å². The highest BCUT2D eigenvalue weighted by Crippen LogP contribution is 2.18. The fraction of sp³-hybridized carbons (Fsp3) is 0.333. The second-order valence-electron chi connectivity index (χ2n) is 9.47. The minimum absolute atomic E-state index is 0.0122. The van der Waals surface area contributed by atoms with Crippen molar-refractivity contribution in [3.8, 4) is 0 Å². The number of benzene rings is 3. The van der Waals surface area contributed by atoms with Gasteiger partial charge < -0.3 is 10.2 Å². The normalized spacial score (nSPS) is 11.8. The Hall–Kier alpha value is -3.40. The first kappa shape index (κ1) is 25.2. The third kappa shape index (κ3) is 7.05. The molecule has 0 aromatic heterocycles. The average molecular weight is 457 g/mol. The monoisotopic (exact) mass is 456 g/mol. The highest BCUT2D eigenvalue weighted by Gasteiger charge is 2.30. The Morgan fingerprint density at radius 3 is 2.06 bits per heavy atom. The van der Waals surface area contributed by atoms with E-state index in [1.54, 1.807) is 4.90 Å². The topological polar surface area (TPSA) is 49.4 Å². The molecule has 0 aliphatic heterocycles. The molecule has 4 heteroatoms. The summed E-state index contributed by atoms with van der Waals surface area (Å²) in [6.07, 6.45) is 0.719. The number of amides is 2. The van der Waals surface area contributed by atoms with Crippen molar-refractivity contribution in [3.63, 3.8) is 0 Å². The Kier molecular flexibility index (Phi) is 8.64. The van der Waals surface area contributed by atoms with Crippen LogP contribution in [0.15, 0.2) is 72.8 Å². The fourth-order valence-electron chi connectivity index (χ4n) is 4.01. The number of nitrogens with zero attached hydrogens (tertiary/aromatic N) is 1. The predicted molar refractivity (Wildman–Crippen MR) is 139 cm³/mol. The number of carbonyl (C=O) groups is 2. The van der Waals surface area contributed by atoms with Crippen LogP contribution in [-0.2, 0) is 29.0 Å². The lowest BCUT2D eigenvalue weighted by atomic mass is 10.00. The standard InChI is InChI=1S/C30H36N2O2/c1-21(2)31-30(34)28(18-25-9-7-6-8-10-25)32(20-26-14-11-22(3)12-15-26)29(33)19-27-16-13-23(4)24(5)17-27/h6-17,21,28H,18-20H2,1-5H3,(H,31,34). The molecule has 3 aromatic carbocycles. The van der Waals surface area contributed by atoms with Crippen molar-refractivity contribution in [2.45, 2.75) is 66.1 Å². The van der Waals surface area contributed by atoms with E-state index in [0.29, 0.717) is 13.0 Å². The second kappa shape index (κ2) is 11.6. The maximum atomic E-state index is 13.7. The van der Waals surface area contributed by atoms with Crippen molar-refractivity contribution < 1.29 is 9.59 Å². The lowest BCUT2D eigenvalue weighted by Crippen LogP contribution is -2.52. The first-order chi connectivity index (χ1) is 16.2. The summed E-state index contributed by atoms with van der Waals surface area (Å²) in [5.41, 5.74) is 6.52. The maximum Gasteiger partial charge on any atom is 0.243 e. The van der Waals surface area contributed by atoms with Crippen LogP contribution in [0.5, 0.6) is 0 Å². The average Bonchev–Trinajstić information content (AvgIpc) is 2.80. The molecule has 0 spiro atoms. The lowest BCUT2D eigenvalue weighted by molar-refractivity contribution is -0.141. The first-order valence-electron chi connectivity index (χ1n) is 12.0. The quantitative estimate of drug-likeness (QED) is 0.474. The molecule has 1 unspecified atom stereocenters. The number of carbonyl (C=O) groups excluding carboxylic acids is 2. The summed E-state index contributed by atoms with van der Waals surface area (Å²) >= 11 is 0. The first-order valence-corrected chi connectivity index (χ1v) is 12.0. The molecule has 34 heavy (non-hydrogen) atoms. The largest absolute Gasteiger partial charge is 0.352 e. The minimum atomic E-state index is -0.606. The van der Waals surface area contributed by atoms with E-state index in [2.05, 4.69) is 31.3 Å². The fourth-order valence-corrected chi connectivity index (χ4v) is 4.01. The summed E-state index contributed by atoms with van der Waals surface area (Å²) in [6.45, 7) is 10.4. The Morgan fingerprint density at radius 2 is 1.44 bits per heavy atom. The predicted octanol–water partition coefficient (Wildman–Crippen LogP) is 5.32. The smallest absolute Gasteiger partial charge is 0.243 e. The van der Waals surface area contributed by atoms with Crippen molar-refractivity contribution >= 4 is 11.8 Å². The van der Waals surface area contributed by atoms with Crippen molar-refractivity contribution in [3.05, 3.63) is 106 Å². The second-order valence-corrected chi connectivity index (χ2v) is 9.47. The van der Waals surface area contributed by atoms with Gasteiger partial charge in [-0.25, -0.2) is 0 Å². The number of hydrogen-bond donors (Lipinski definition) is 1. The third-order valence-corrected chi connectivity index (χ3v) is 6.10. The van der Waals surface area contributed by atoms with Crippen LogP contribution < -0.4 is 5.32 Å². The summed E-state index contributed by atoms with van der Waals surface area (Å²) in [5.74, 6) is -0.178. The Labute approximate surface area is 204 Å². The molecule has 0 bridgehead atoms. The van der Waals surface area contributed by atoms with Crippen LogP contribution in [0.25, 0.3) is 0 Å². The summed E-state index contributed by atoms with van der Waals surface area (Å²) in [5, 5.41) is 3.04. The van der Waals surface area contributed by atoms with Crippen molar-refractivity contribution in [1.29, 1.82) is 0 Å². The minimum Gasteiger partial charge on any atom is -0.352 e. The number of nitrogens with one attached hydrogen (secondary N) is 1. The van der Waals surface area contributed by atoms with Crippen LogP contribution in [0.1, 0.15) is 47.2 Å². The molecule has 0 heterocycles. The SMILES string of the molecule is Cc1ccc(CN(C(=O)Cc2ccc(C)c(C)c2)C(Cc2ccccc2)C(=O)NC(C)C)cc1. The molecule has 4 nitrogen and oxygen atoms in total. The van der Waals surface area contributed by atoms with Crippen molar-refractivity contribution in [2.24, 2.45) is 0 Å². The molecule has 0 aliphatic rings. The summed E-state index contributed by atoms with van der Waals surface area (Å²) in [7, 11) is 0. The molecular formula is C30H36N2O2. The zero-order valence-electron chi connectivity index (χ0n) is 21.0. The molecule has 178 valence electrons. The Balaban J connectivity index is 1.97. The van der Waals surface area contributed by atoms with Gasteiger partial charge in [0.25, 0.3) is 0 Å². The number of aryl methyl sites for hydroxylation is 3. The lowest BCUT2D eigenvalue weighted by Gasteiger charge is -2.32. The molecule has 0 fully saturated rings. The van der Waals surface area contributed by atoms with Crippen LogP contribution in [0.3, 0.4) is 0 Å². The molecule has 2 amide bonds. The van der Waals surface area contributed by atoms with Crippen molar-refractivity contribution in [2.75, 3.05) is 0 Å². The van der Waals surface area contributed by atoms with Crippen LogP contribution in [0.4, 0.5) is 0 Å². The van der Waals surface area contributed by atoms with E-state index in [9.17, 15) is 9.59 Å². The van der Waals surface area contributed by atoms with E-state index in [0.717, 1.165) is 27.8 Å². The molecule has 1 N–H and O–H groups in total. The van der Waals surface area contributed by atoms with E-state index >= 15 is 0 Å². The van der Waals surface area contributed by atoms with Gasteiger partial charge in [-0.1, -0.05) is 78.4 Å². The molecule has 3 rings (SSSR count). The Morgan fingerprint density at radius 1 is 0.794 bits per heavy atom. The molecule has 0 aliphatic carbocycles. The molecule has 0 radical (unpaired) electrons. The molecule has 3 aromatic rings. The van der Waals surface area contributed by atoms with E-state index < -0.39 is 6.04 Å². The van der Waals surface area contributed by atoms with E-state index in [4.69, 9.17) is 0 Å². The van der Waals surface area contributed by atoms with E-state index in [-0.39, 0.29) is 24.3 Å². The maximum absolute atomic E-state index is 13.7. The molecule has 1 atom stereocenters. The van der Waals surface area contributed by atoms with Gasteiger partial charge >= 0.3 is 0 Å². The zero-order chi connectivity index (χ0) is 24.7. The highest BCUT2D eigenvalue weighted by atomic mass is 16.2. The molecule has 0 saturated carbocycles. The van der Waals surface area contributed by atoms with Gasteiger partial charge in [-0.2, -0.15) is 0 Å².